The molecule has 0 fully saturated rings. The van der Waals surface area contributed by atoms with E-state index >= 15 is 0 Å². The van der Waals surface area contributed by atoms with Gasteiger partial charge in [-0.15, -0.1) is 11.3 Å². The fourth-order valence-corrected chi connectivity index (χ4v) is 2.63. The molecule has 4 heteroatoms. The van der Waals surface area contributed by atoms with Crippen LogP contribution in [0.2, 0.25) is 0 Å². The van der Waals surface area contributed by atoms with Gasteiger partial charge in [-0.2, -0.15) is 0 Å². The number of carbonyl (C=O) groups excluding carboxylic acids is 1. The Labute approximate surface area is 123 Å². The number of fused-ring (bicyclic) bond motifs is 1. The predicted molar refractivity (Wildman–Crippen MR) is 85.1 cm³/mol. The molecule has 1 N–H and O–H groups in total. The van der Waals surface area contributed by atoms with E-state index in [0.717, 1.165) is 5.56 Å². The van der Waals surface area contributed by atoms with Crippen LogP contribution in [-0.4, -0.2) is 18.2 Å². The van der Waals surface area contributed by atoms with E-state index in [0.29, 0.717) is 6.54 Å². The maximum absolute atomic E-state index is 11.5. The van der Waals surface area contributed by atoms with E-state index in [1.54, 1.807) is 11.3 Å². The molecule has 3 nitrogen and oxygen atoms in total. The minimum Gasteiger partial charge on any atom is -0.444 e. The Morgan fingerprint density at radius 1 is 1.35 bits per heavy atom. The molecule has 0 bridgehead atoms. The summed E-state index contributed by atoms with van der Waals surface area (Å²) in [4.78, 5) is 11.5. The van der Waals surface area contributed by atoms with E-state index in [-0.39, 0.29) is 0 Å². The lowest BCUT2D eigenvalue weighted by Crippen LogP contribution is -2.32. The van der Waals surface area contributed by atoms with Gasteiger partial charge in [-0.1, -0.05) is 24.3 Å². The van der Waals surface area contributed by atoms with Gasteiger partial charge in [-0.25, -0.2) is 4.79 Å². The Morgan fingerprint density at radius 2 is 2.15 bits per heavy atom. The number of hydrogen-bond donors (Lipinski definition) is 1. The number of carbonyl (C=O) groups is 1. The van der Waals surface area contributed by atoms with Crippen LogP contribution < -0.4 is 5.32 Å². The monoisotopic (exact) mass is 289 g/mol. The van der Waals surface area contributed by atoms with Gasteiger partial charge in [0.2, 0.25) is 0 Å². The molecular weight excluding hydrogens is 270 g/mol. The summed E-state index contributed by atoms with van der Waals surface area (Å²) in [6, 6.07) is 8.33. The second-order valence-electron chi connectivity index (χ2n) is 5.46. The molecule has 106 valence electrons. The Morgan fingerprint density at radius 3 is 2.90 bits per heavy atom. The Kier molecular flexibility index (Phi) is 4.45. The number of amides is 1. The quantitative estimate of drug-likeness (QED) is 0.907. The summed E-state index contributed by atoms with van der Waals surface area (Å²) in [5.41, 5.74) is 0.700. The number of ether oxygens (including phenoxy) is 1. The zero-order chi connectivity index (χ0) is 14.6. The van der Waals surface area contributed by atoms with E-state index in [4.69, 9.17) is 4.74 Å². The summed E-state index contributed by atoms with van der Waals surface area (Å²) in [5, 5.41) is 6.03. The molecule has 0 saturated heterocycles. The zero-order valence-electron chi connectivity index (χ0n) is 12.0. The van der Waals surface area contributed by atoms with E-state index in [1.165, 1.54) is 10.1 Å². The normalized spacial score (nSPS) is 11.9. The second kappa shape index (κ2) is 6.09. The van der Waals surface area contributed by atoms with Gasteiger partial charge in [0.05, 0.1) is 0 Å². The van der Waals surface area contributed by atoms with Crippen LogP contribution in [0, 0.1) is 0 Å². The largest absolute Gasteiger partial charge is 0.444 e. The highest BCUT2D eigenvalue weighted by Gasteiger charge is 2.14. The van der Waals surface area contributed by atoms with Crippen molar-refractivity contribution in [3.8, 4) is 0 Å². The van der Waals surface area contributed by atoms with Crippen LogP contribution in [0.25, 0.3) is 16.2 Å². The first kappa shape index (κ1) is 14.6. The van der Waals surface area contributed by atoms with Crippen LogP contribution in [-0.2, 0) is 4.74 Å². The Hall–Kier alpha value is -1.81. The molecule has 1 heterocycles. The molecule has 0 radical (unpaired) electrons. The van der Waals surface area contributed by atoms with E-state index in [9.17, 15) is 4.79 Å². The number of thiophene rings is 1. The molecule has 0 spiro atoms. The van der Waals surface area contributed by atoms with Crippen LogP contribution in [0.3, 0.4) is 0 Å². The van der Waals surface area contributed by atoms with Gasteiger partial charge in [0.1, 0.15) is 5.60 Å². The number of nitrogens with one attached hydrogen (secondary N) is 1. The first-order valence-electron chi connectivity index (χ1n) is 6.55. The van der Waals surface area contributed by atoms with E-state index in [2.05, 4.69) is 28.9 Å². The van der Waals surface area contributed by atoms with Gasteiger partial charge in [0.15, 0.2) is 0 Å². The van der Waals surface area contributed by atoms with Crippen molar-refractivity contribution in [2.24, 2.45) is 0 Å². The molecule has 1 aromatic carbocycles. The zero-order valence-corrected chi connectivity index (χ0v) is 12.8. The number of benzene rings is 1. The van der Waals surface area contributed by atoms with Crippen LogP contribution in [0.15, 0.2) is 35.7 Å². The van der Waals surface area contributed by atoms with Crippen LogP contribution in [0.5, 0.6) is 0 Å². The number of hydrogen-bond acceptors (Lipinski definition) is 3. The van der Waals surface area contributed by atoms with Crippen molar-refractivity contribution in [3.05, 3.63) is 41.3 Å². The lowest BCUT2D eigenvalue weighted by Gasteiger charge is -2.19. The Balaban J connectivity index is 1.91. The fraction of sp³-hybridized carbons (Fsp3) is 0.312. The minimum atomic E-state index is -0.462. The van der Waals surface area contributed by atoms with Gasteiger partial charge < -0.3 is 10.1 Å². The van der Waals surface area contributed by atoms with Crippen molar-refractivity contribution >= 4 is 33.6 Å². The lowest BCUT2D eigenvalue weighted by molar-refractivity contribution is 0.0534. The summed E-state index contributed by atoms with van der Waals surface area (Å²) in [5.74, 6) is 0. The van der Waals surface area contributed by atoms with Crippen molar-refractivity contribution in [1.82, 2.24) is 5.32 Å². The Bertz CT molecular complexity index is 623. The third kappa shape index (κ3) is 4.10. The van der Waals surface area contributed by atoms with Gasteiger partial charge in [0.25, 0.3) is 0 Å². The molecule has 0 unspecified atom stereocenters. The van der Waals surface area contributed by atoms with Crippen molar-refractivity contribution < 1.29 is 9.53 Å². The third-order valence-electron chi connectivity index (χ3n) is 2.59. The number of alkyl carbamates (subject to hydrolysis) is 1. The number of rotatable bonds is 3. The first-order valence-corrected chi connectivity index (χ1v) is 7.43. The van der Waals surface area contributed by atoms with Crippen molar-refractivity contribution in [2.75, 3.05) is 6.54 Å². The molecule has 0 saturated carbocycles. The maximum atomic E-state index is 11.5. The van der Waals surface area contributed by atoms with Crippen molar-refractivity contribution in [2.45, 2.75) is 26.4 Å². The minimum absolute atomic E-state index is 0.393. The molecular formula is C16H19NO2S. The highest BCUT2D eigenvalue weighted by molar-refractivity contribution is 7.17. The summed E-state index contributed by atoms with van der Waals surface area (Å²) >= 11 is 1.73. The maximum Gasteiger partial charge on any atom is 0.407 e. The van der Waals surface area contributed by atoms with E-state index < -0.39 is 11.7 Å². The lowest BCUT2D eigenvalue weighted by atomic mass is 10.1. The predicted octanol–water partition coefficient (Wildman–Crippen LogP) is 4.44. The van der Waals surface area contributed by atoms with Gasteiger partial charge in [-0.05, 0) is 49.2 Å². The van der Waals surface area contributed by atoms with Crippen LogP contribution >= 0.6 is 11.3 Å². The smallest absolute Gasteiger partial charge is 0.407 e. The first-order chi connectivity index (χ1) is 9.46. The molecule has 20 heavy (non-hydrogen) atoms. The summed E-state index contributed by atoms with van der Waals surface area (Å²) in [6.45, 7) is 5.99. The molecule has 1 aromatic heterocycles. The summed E-state index contributed by atoms with van der Waals surface area (Å²) in [6.07, 6.45) is 3.55. The van der Waals surface area contributed by atoms with Gasteiger partial charge >= 0.3 is 6.09 Å². The SMILES string of the molecule is CC(C)(C)OC(=O)NCC=Cc1cccc2sccc12. The molecule has 0 atom stereocenters. The average molecular weight is 289 g/mol. The summed E-state index contributed by atoms with van der Waals surface area (Å²) < 4.78 is 6.44. The van der Waals surface area contributed by atoms with Crippen molar-refractivity contribution in [3.63, 3.8) is 0 Å². The molecule has 1 amide bonds. The standard InChI is InChI=1S/C16H19NO2S/c1-16(2,3)19-15(18)17-10-5-7-12-6-4-8-14-13(12)9-11-20-14/h4-9,11H,10H2,1-3H3,(H,17,18). The van der Waals surface area contributed by atoms with Crippen LogP contribution in [0.1, 0.15) is 26.3 Å². The average Bonchev–Trinajstić information content (AvgIpc) is 2.81. The summed E-state index contributed by atoms with van der Waals surface area (Å²) in [7, 11) is 0. The topological polar surface area (TPSA) is 38.3 Å². The highest BCUT2D eigenvalue weighted by atomic mass is 32.1. The van der Waals surface area contributed by atoms with Crippen LogP contribution in [0.4, 0.5) is 4.79 Å². The highest BCUT2D eigenvalue weighted by Crippen LogP contribution is 2.24. The van der Waals surface area contributed by atoms with Gasteiger partial charge in [-0.3, -0.25) is 0 Å². The fourth-order valence-electron chi connectivity index (χ4n) is 1.81. The second-order valence-corrected chi connectivity index (χ2v) is 6.41. The molecule has 0 aliphatic heterocycles. The molecule has 2 rings (SSSR count). The van der Waals surface area contributed by atoms with Gasteiger partial charge in [0, 0.05) is 11.2 Å². The molecule has 2 aromatic rings. The molecule has 0 aliphatic carbocycles. The van der Waals surface area contributed by atoms with Crippen molar-refractivity contribution in [1.29, 1.82) is 0 Å². The molecule has 0 aliphatic rings. The van der Waals surface area contributed by atoms with E-state index in [1.807, 2.05) is 39.0 Å². The third-order valence-corrected chi connectivity index (χ3v) is 3.47.